The molecule has 1 aromatic heterocycles. The van der Waals surface area contributed by atoms with Gasteiger partial charge in [0.1, 0.15) is 6.04 Å². The number of nitrogens with zero attached hydrogens (tertiary/aromatic N) is 2. The van der Waals surface area contributed by atoms with Gasteiger partial charge in [0.25, 0.3) is 5.91 Å². The van der Waals surface area contributed by atoms with Gasteiger partial charge < -0.3 is 14.7 Å². The molecule has 0 saturated carbocycles. The van der Waals surface area contributed by atoms with Gasteiger partial charge in [-0.1, -0.05) is 22.8 Å². The standard InChI is InChI=1S/C18H18ClN3O3/c19-11-4-3-5-12(10-11)22-9-8-15(18(22)24)20-17(23)16-13-6-1-2-7-14(13)21-25-16/h3-5,10,15H,1-2,6-9H2,(H,20,23). The number of amides is 2. The predicted octanol–water partition coefficient (Wildman–Crippen LogP) is 2.74. The van der Waals surface area contributed by atoms with Crippen molar-refractivity contribution in [2.75, 3.05) is 11.4 Å². The number of halogens is 1. The molecule has 2 amide bonds. The molecule has 1 saturated heterocycles. The first-order valence-corrected chi connectivity index (χ1v) is 8.86. The van der Waals surface area contributed by atoms with Crippen LogP contribution >= 0.6 is 11.6 Å². The number of aromatic nitrogens is 1. The van der Waals surface area contributed by atoms with Crippen LogP contribution in [0.5, 0.6) is 0 Å². The van der Waals surface area contributed by atoms with Gasteiger partial charge in [-0.25, -0.2) is 0 Å². The second-order valence-electron chi connectivity index (χ2n) is 6.43. The van der Waals surface area contributed by atoms with E-state index in [2.05, 4.69) is 10.5 Å². The molecule has 2 aliphatic rings. The van der Waals surface area contributed by atoms with Crippen molar-refractivity contribution in [3.63, 3.8) is 0 Å². The Morgan fingerprint density at radius 2 is 2.16 bits per heavy atom. The van der Waals surface area contributed by atoms with Crippen LogP contribution in [0.4, 0.5) is 5.69 Å². The Balaban J connectivity index is 1.47. The summed E-state index contributed by atoms with van der Waals surface area (Å²) < 4.78 is 5.25. The van der Waals surface area contributed by atoms with Crippen LogP contribution in [0.2, 0.25) is 5.02 Å². The lowest BCUT2D eigenvalue weighted by atomic mass is 9.96. The highest BCUT2D eigenvalue weighted by atomic mass is 35.5. The minimum Gasteiger partial charge on any atom is -0.350 e. The molecule has 1 aromatic carbocycles. The van der Waals surface area contributed by atoms with Crippen molar-refractivity contribution < 1.29 is 14.1 Å². The Labute approximate surface area is 150 Å². The Kier molecular flexibility index (Phi) is 4.21. The molecule has 25 heavy (non-hydrogen) atoms. The summed E-state index contributed by atoms with van der Waals surface area (Å²) in [5.74, 6) is -0.241. The SMILES string of the molecule is O=C(NC1CCN(c2cccc(Cl)c2)C1=O)c1onc2c1CCCC2. The number of anilines is 1. The first kappa shape index (κ1) is 16.1. The molecule has 1 atom stereocenters. The van der Waals surface area contributed by atoms with E-state index >= 15 is 0 Å². The summed E-state index contributed by atoms with van der Waals surface area (Å²) in [6.07, 6.45) is 4.29. The summed E-state index contributed by atoms with van der Waals surface area (Å²) in [6.45, 7) is 0.540. The number of hydrogen-bond donors (Lipinski definition) is 1. The average Bonchev–Trinajstić information content (AvgIpc) is 3.19. The van der Waals surface area contributed by atoms with Gasteiger partial charge in [-0.2, -0.15) is 0 Å². The Hall–Kier alpha value is -2.34. The lowest BCUT2D eigenvalue weighted by Gasteiger charge is -2.17. The summed E-state index contributed by atoms with van der Waals surface area (Å²) in [5, 5.41) is 7.37. The molecule has 7 heteroatoms. The molecule has 0 spiro atoms. The van der Waals surface area contributed by atoms with Crippen LogP contribution in [-0.4, -0.2) is 29.6 Å². The minimum absolute atomic E-state index is 0.135. The van der Waals surface area contributed by atoms with Gasteiger partial charge in [0, 0.05) is 22.8 Å². The summed E-state index contributed by atoms with van der Waals surface area (Å²) in [6, 6.07) is 6.59. The quantitative estimate of drug-likeness (QED) is 0.914. The third-order valence-corrected chi connectivity index (χ3v) is 5.03. The summed E-state index contributed by atoms with van der Waals surface area (Å²) in [7, 11) is 0. The van der Waals surface area contributed by atoms with Crippen LogP contribution < -0.4 is 10.2 Å². The number of benzene rings is 1. The zero-order valence-electron chi connectivity index (χ0n) is 13.6. The normalized spacial score (nSPS) is 19.8. The van der Waals surface area contributed by atoms with Crippen molar-refractivity contribution in [1.82, 2.24) is 10.5 Å². The topological polar surface area (TPSA) is 75.4 Å². The maximum atomic E-state index is 12.6. The molecule has 2 heterocycles. The fourth-order valence-electron chi connectivity index (χ4n) is 3.51. The summed E-state index contributed by atoms with van der Waals surface area (Å²) in [5.41, 5.74) is 2.50. The molecule has 1 fully saturated rings. The van der Waals surface area contributed by atoms with Crippen LogP contribution in [-0.2, 0) is 17.6 Å². The predicted molar refractivity (Wildman–Crippen MR) is 92.8 cm³/mol. The highest BCUT2D eigenvalue weighted by Gasteiger charge is 2.35. The van der Waals surface area contributed by atoms with Gasteiger partial charge in [-0.05, 0) is 50.3 Å². The fraction of sp³-hybridized carbons (Fsp3) is 0.389. The van der Waals surface area contributed by atoms with Crippen LogP contribution in [0.25, 0.3) is 0 Å². The number of carbonyl (C=O) groups excluding carboxylic acids is 2. The molecular formula is C18H18ClN3O3. The first-order chi connectivity index (χ1) is 12.1. The van der Waals surface area contributed by atoms with Gasteiger partial charge >= 0.3 is 0 Å². The van der Waals surface area contributed by atoms with Crippen molar-refractivity contribution in [2.24, 2.45) is 0 Å². The van der Waals surface area contributed by atoms with E-state index in [9.17, 15) is 9.59 Å². The van der Waals surface area contributed by atoms with Crippen molar-refractivity contribution in [3.8, 4) is 0 Å². The molecule has 6 nitrogen and oxygen atoms in total. The van der Waals surface area contributed by atoms with E-state index in [-0.39, 0.29) is 17.6 Å². The molecule has 2 aromatic rings. The zero-order chi connectivity index (χ0) is 17.4. The Morgan fingerprint density at radius 1 is 1.32 bits per heavy atom. The number of nitrogens with one attached hydrogen (secondary N) is 1. The van der Waals surface area contributed by atoms with Gasteiger partial charge in [0.15, 0.2) is 0 Å². The molecule has 1 aliphatic heterocycles. The van der Waals surface area contributed by atoms with E-state index in [0.717, 1.165) is 42.6 Å². The molecule has 1 N–H and O–H groups in total. The zero-order valence-corrected chi connectivity index (χ0v) is 14.4. The molecule has 130 valence electrons. The summed E-state index contributed by atoms with van der Waals surface area (Å²) >= 11 is 6.00. The van der Waals surface area contributed by atoms with Crippen molar-refractivity contribution in [1.29, 1.82) is 0 Å². The maximum Gasteiger partial charge on any atom is 0.290 e. The largest absolute Gasteiger partial charge is 0.350 e. The van der Waals surface area contributed by atoms with E-state index in [1.165, 1.54) is 0 Å². The van der Waals surface area contributed by atoms with Gasteiger partial charge in [0.2, 0.25) is 11.7 Å². The third kappa shape index (κ3) is 3.02. The molecule has 0 radical (unpaired) electrons. The lowest BCUT2D eigenvalue weighted by molar-refractivity contribution is -0.118. The first-order valence-electron chi connectivity index (χ1n) is 8.49. The highest BCUT2D eigenvalue weighted by Crippen LogP contribution is 2.26. The van der Waals surface area contributed by atoms with E-state index in [1.807, 2.05) is 6.07 Å². The lowest BCUT2D eigenvalue weighted by Crippen LogP contribution is -2.41. The summed E-state index contributed by atoms with van der Waals surface area (Å²) in [4.78, 5) is 26.8. The second kappa shape index (κ2) is 6.52. The fourth-order valence-corrected chi connectivity index (χ4v) is 3.69. The van der Waals surface area contributed by atoms with Gasteiger partial charge in [0.05, 0.1) is 5.69 Å². The number of hydrogen-bond acceptors (Lipinski definition) is 4. The number of fused-ring (bicyclic) bond motifs is 1. The molecule has 1 aliphatic carbocycles. The third-order valence-electron chi connectivity index (χ3n) is 4.80. The van der Waals surface area contributed by atoms with E-state index in [1.54, 1.807) is 23.1 Å². The van der Waals surface area contributed by atoms with E-state index in [0.29, 0.717) is 18.0 Å². The van der Waals surface area contributed by atoms with Gasteiger partial charge in [-0.3, -0.25) is 9.59 Å². The molecule has 4 rings (SSSR count). The smallest absolute Gasteiger partial charge is 0.290 e. The Morgan fingerprint density at radius 3 is 3.00 bits per heavy atom. The Bertz CT molecular complexity index is 833. The highest BCUT2D eigenvalue weighted by molar-refractivity contribution is 6.31. The second-order valence-corrected chi connectivity index (χ2v) is 6.86. The van der Waals surface area contributed by atoms with Crippen LogP contribution in [0.1, 0.15) is 41.1 Å². The maximum absolute atomic E-state index is 12.6. The van der Waals surface area contributed by atoms with Crippen molar-refractivity contribution in [2.45, 2.75) is 38.1 Å². The minimum atomic E-state index is -0.559. The van der Waals surface area contributed by atoms with E-state index < -0.39 is 6.04 Å². The van der Waals surface area contributed by atoms with Crippen molar-refractivity contribution >= 4 is 29.1 Å². The van der Waals surface area contributed by atoms with Crippen LogP contribution in [0, 0.1) is 0 Å². The molecule has 0 bridgehead atoms. The number of rotatable bonds is 3. The van der Waals surface area contributed by atoms with Gasteiger partial charge in [-0.15, -0.1) is 0 Å². The molecule has 1 unspecified atom stereocenters. The van der Waals surface area contributed by atoms with Crippen LogP contribution in [0.3, 0.4) is 0 Å². The number of carbonyl (C=O) groups is 2. The molecular weight excluding hydrogens is 342 g/mol. The van der Waals surface area contributed by atoms with Crippen LogP contribution in [0.15, 0.2) is 28.8 Å². The average molecular weight is 360 g/mol. The van der Waals surface area contributed by atoms with Crippen molar-refractivity contribution in [3.05, 3.63) is 46.3 Å². The number of aryl methyl sites for hydroxylation is 1. The van der Waals surface area contributed by atoms with E-state index in [4.69, 9.17) is 16.1 Å². The monoisotopic (exact) mass is 359 g/mol.